The molecule has 2 aromatic rings. The molecule has 7 heteroatoms. The number of aryl methyl sites for hydroxylation is 4. The first-order valence-corrected chi connectivity index (χ1v) is 9.53. The fourth-order valence-corrected chi connectivity index (χ4v) is 3.02. The molecule has 1 aromatic carbocycles. The Kier molecular flexibility index (Phi) is 10.3. The highest BCUT2D eigenvalue weighted by Crippen LogP contribution is 2.16. The van der Waals surface area contributed by atoms with Gasteiger partial charge in [0.1, 0.15) is 18.1 Å². The minimum Gasteiger partial charge on any atom is -0.492 e. The van der Waals surface area contributed by atoms with Crippen LogP contribution in [-0.2, 0) is 6.42 Å². The summed E-state index contributed by atoms with van der Waals surface area (Å²) in [5.74, 6) is 2.68. The molecule has 0 spiro atoms. The first-order chi connectivity index (χ1) is 12.9. The summed E-state index contributed by atoms with van der Waals surface area (Å²) in [6, 6.07) is 6.28. The van der Waals surface area contributed by atoms with Gasteiger partial charge in [-0.1, -0.05) is 11.2 Å². The Labute approximate surface area is 185 Å². The first kappa shape index (κ1) is 24.3. The van der Waals surface area contributed by atoms with Crippen LogP contribution in [0.1, 0.15) is 35.1 Å². The van der Waals surface area contributed by atoms with E-state index in [1.165, 1.54) is 11.1 Å². The van der Waals surface area contributed by atoms with E-state index >= 15 is 0 Å². The summed E-state index contributed by atoms with van der Waals surface area (Å²) in [7, 11) is 2.03. The summed E-state index contributed by atoms with van der Waals surface area (Å²) in [6.07, 6.45) is 0.822. The monoisotopic (exact) mass is 500 g/mol. The SMILES string of the molecule is CCNC(=NCCc1c(C)noc1C)N(C)CCOc1cc(C)cc(C)c1.I. The normalized spacial score (nSPS) is 11.1. The van der Waals surface area contributed by atoms with Gasteiger partial charge >= 0.3 is 0 Å². The van der Waals surface area contributed by atoms with Crippen molar-refractivity contribution in [1.29, 1.82) is 0 Å². The van der Waals surface area contributed by atoms with Crippen LogP contribution in [0.25, 0.3) is 0 Å². The number of ether oxygens (including phenoxy) is 1. The fraction of sp³-hybridized carbons (Fsp3) is 0.524. The summed E-state index contributed by atoms with van der Waals surface area (Å²) in [5.41, 5.74) is 4.53. The molecule has 1 aromatic heterocycles. The molecule has 1 N–H and O–H groups in total. The summed E-state index contributed by atoms with van der Waals surface area (Å²) in [6.45, 7) is 13.0. The standard InChI is InChI=1S/C21H32N4O2.HI/c1-7-22-21(23-9-8-20-17(4)24-27-18(20)5)25(6)10-11-26-19-13-15(2)12-16(3)14-19;/h12-14H,7-11H2,1-6H3,(H,22,23);1H. The van der Waals surface area contributed by atoms with Crippen LogP contribution in [0.2, 0.25) is 0 Å². The number of nitrogens with zero attached hydrogens (tertiary/aromatic N) is 3. The molecular formula is C21H33IN4O2. The smallest absolute Gasteiger partial charge is 0.193 e. The van der Waals surface area contributed by atoms with E-state index in [4.69, 9.17) is 14.3 Å². The van der Waals surface area contributed by atoms with E-state index < -0.39 is 0 Å². The van der Waals surface area contributed by atoms with Gasteiger partial charge < -0.3 is 19.5 Å². The lowest BCUT2D eigenvalue weighted by atomic mass is 10.1. The largest absolute Gasteiger partial charge is 0.492 e. The van der Waals surface area contributed by atoms with Crippen molar-refractivity contribution < 1.29 is 9.26 Å². The van der Waals surface area contributed by atoms with Crippen molar-refractivity contribution in [2.24, 2.45) is 4.99 Å². The van der Waals surface area contributed by atoms with Crippen LogP contribution in [0, 0.1) is 27.7 Å². The van der Waals surface area contributed by atoms with Gasteiger partial charge in [0.2, 0.25) is 0 Å². The van der Waals surface area contributed by atoms with Gasteiger partial charge in [-0.2, -0.15) is 0 Å². The molecule has 0 aliphatic rings. The van der Waals surface area contributed by atoms with E-state index in [9.17, 15) is 0 Å². The second kappa shape index (κ2) is 11.9. The number of aliphatic imine (C=N–C) groups is 1. The predicted molar refractivity (Wildman–Crippen MR) is 125 cm³/mol. The average molecular weight is 500 g/mol. The minimum absolute atomic E-state index is 0. The fourth-order valence-electron chi connectivity index (χ4n) is 3.02. The number of aromatic nitrogens is 1. The van der Waals surface area contributed by atoms with Crippen molar-refractivity contribution >= 4 is 29.9 Å². The lowest BCUT2D eigenvalue weighted by Crippen LogP contribution is -2.41. The molecular weight excluding hydrogens is 467 g/mol. The van der Waals surface area contributed by atoms with Gasteiger partial charge in [-0.15, -0.1) is 24.0 Å². The zero-order valence-electron chi connectivity index (χ0n) is 17.8. The highest BCUT2D eigenvalue weighted by atomic mass is 127. The molecule has 0 aliphatic heterocycles. The van der Waals surface area contributed by atoms with Crippen LogP contribution in [0.4, 0.5) is 0 Å². The van der Waals surface area contributed by atoms with Gasteiger partial charge in [0.05, 0.1) is 12.2 Å². The number of benzene rings is 1. The van der Waals surface area contributed by atoms with E-state index in [1.54, 1.807) is 0 Å². The lowest BCUT2D eigenvalue weighted by Gasteiger charge is -2.22. The molecule has 0 saturated heterocycles. The van der Waals surface area contributed by atoms with E-state index in [1.807, 2.05) is 20.9 Å². The molecule has 0 atom stereocenters. The Morgan fingerprint density at radius 3 is 2.43 bits per heavy atom. The molecule has 0 unspecified atom stereocenters. The van der Waals surface area contributed by atoms with Crippen molar-refractivity contribution in [3.05, 3.63) is 46.3 Å². The highest BCUT2D eigenvalue weighted by molar-refractivity contribution is 14.0. The van der Waals surface area contributed by atoms with Crippen LogP contribution in [0.5, 0.6) is 5.75 Å². The zero-order chi connectivity index (χ0) is 19.8. The summed E-state index contributed by atoms with van der Waals surface area (Å²) < 4.78 is 11.1. The van der Waals surface area contributed by atoms with Crippen molar-refractivity contribution in [1.82, 2.24) is 15.4 Å². The van der Waals surface area contributed by atoms with E-state index in [2.05, 4.69) is 54.3 Å². The Morgan fingerprint density at radius 1 is 1.18 bits per heavy atom. The first-order valence-electron chi connectivity index (χ1n) is 9.53. The molecule has 156 valence electrons. The predicted octanol–water partition coefficient (Wildman–Crippen LogP) is 4.05. The summed E-state index contributed by atoms with van der Waals surface area (Å²) in [5, 5.41) is 7.34. The van der Waals surface area contributed by atoms with E-state index in [0.717, 1.165) is 48.2 Å². The third kappa shape index (κ3) is 7.33. The van der Waals surface area contributed by atoms with Crippen LogP contribution in [0.3, 0.4) is 0 Å². The molecule has 0 saturated carbocycles. The molecule has 0 fully saturated rings. The third-order valence-electron chi connectivity index (χ3n) is 4.39. The van der Waals surface area contributed by atoms with Gasteiger partial charge in [-0.05, 0) is 64.3 Å². The Hall–Kier alpha value is -1.77. The number of nitrogens with one attached hydrogen (secondary N) is 1. The topological polar surface area (TPSA) is 62.9 Å². The molecule has 6 nitrogen and oxygen atoms in total. The maximum atomic E-state index is 5.92. The number of rotatable bonds is 8. The van der Waals surface area contributed by atoms with Gasteiger partial charge in [-0.3, -0.25) is 4.99 Å². The van der Waals surface area contributed by atoms with Crippen LogP contribution >= 0.6 is 24.0 Å². The number of halogens is 1. The maximum absolute atomic E-state index is 5.92. The summed E-state index contributed by atoms with van der Waals surface area (Å²) in [4.78, 5) is 6.83. The quantitative estimate of drug-likeness (QED) is 0.337. The van der Waals surface area contributed by atoms with Gasteiger partial charge in [0.15, 0.2) is 5.96 Å². The molecule has 0 bridgehead atoms. The lowest BCUT2D eigenvalue weighted by molar-refractivity contribution is 0.281. The van der Waals surface area contributed by atoms with Crippen molar-refractivity contribution in [2.45, 2.75) is 41.0 Å². The van der Waals surface area contributed by atoms with Crippen LogP contribution in [0.15, 0.2) is 27.7 Å². The maximum Gasteiger partial charge on any atom is 0.193 e. The number of hydrogen-bond donors (Lipinski definition) is 1. The average Bonchev–Trinajstić information content (AvgIpc) is 2.92. The van der Waals surface area contributed by atoms with Crippen molar-refractivity contribution in [3.8, 4) is 5.75 Å². The van der Waals surface area contributed by atoms with Crippen LogP contribution in [-0.4, -0.2) is 49.3 Å². The molecule has 0 amide bonds. The second-order valence-electron chi connectivity index (χ2n) is 6.88. The van der Waals surface area contributed by atoms with E-state index in [-0.39, 0.29) is 24.0 Å². The van der Waals surface area contributed by atoms with Gasteiger partial charge in [-0.25, -0.2) is 0 Å². The zero-order valence-corrected chi connectivity index (χ0v) is 20.2. The van der Waals surface area contributed by atoms with Crippen molar-refractivity contribution in [2.75, 3.05) is 33.3 Å². The van der Waals surface area contributed by atoms with Gasteiger partial charge in [0, 0.05) is 25.7 Å². The summed E-state index contributed by atoms with van der Waals surface area (Å²) >= 11 is 0. The molecule has 0 radical (unpaired) electrons. The third-order valence-corrected chi connectivity index (χ3v) is 4.39. The molecule has 2 rings (SSSR count). The molecule has 28 heavy (non-hydrogen) atoms. The van der Waals surface area contributed by atoms with Gasteiger partial charge in [0.25, 0.3) is 0 Å². The second-order valence-corrected chi connectivity index (χ2v) is 6.88. The number of likely N-dealkylation sites (N-methyl/N-ethyl adjacent to an activating group) is 1. The Morgan fingerprint density at radius 2 is 1.86 bits per heavy atom. The van der Waals surface area contributed by atoms with Crippen LogP contribution < -0.4 is 10.1 Å². The number of hydrogen-bond acceptors (Lipinski definition) is 4. The Bertz CT molecular complexity index is 734. The Balaban J connectivity index is 0.00000392. The minimum atomic E-state index is 0. The van der Waals surface area contributed by atoms with E-state index in [0.29, 0.717) is 13.2 Å². The molecule has 1 heterocycles. The molecule has 0 aliphatic carbocycles. The van der Waals surface area contributed by atoms with Crippen molar-refractivity contribution in [3.63, 3.8) is 0 Å². The highest BCUT2D eigenvalue weighted by Gasteiger charge is 2.10. The number of guanidine groups is 1.